The maximum atomic E-state index is 14.3. The monoisotopic (exact) mass is 647 g/mol. The van der Waals surface area contributed by atoms with Crippen molar-refractivity contribution >= 4 is 17.8 Å². The van der Waals surface area contributed by atoms with Crippen LogP contribution >= 0.6 is 0 Å². The van der Waals surface area contributed by atoms with E-state index in [1.54, 1.807) is 16.0 Å². The van der Waals surface area contributed by atoms with E-state index in [1.807, 2.05) is 41.5 Å². The average Bonchev–Trinajstić information content (AvgIpc) is 2.98. The van der Waals surface area contributed by atoms with Crippen LogP contribution in [0.3, 0.4) is 0 Å². The molecule has 2 aliphatic heterocycles. The number of hydrogen-bond acceptors (Lipinski definition) is 10. The van der Waals surface area contributed by atoms with Crippen molar-refractivity contribution in [2.24, 2.45) is 5.41 Å². The van der Waals surface area contributed by atoms with Crippen LogP contribution in [0.1, 0.15) is 76.0 Å². The first kappa shape index (κ1) is 32.4. The molecule has 6 rings (SSSR count). The van der Waals surface area contributed by atoms with E-state index in [9.17, 15) is 14.0 Å². The fourth-order valence-electron chi connectivity index (χ4n) is 6.61. The molecule has 0 N–H and O–H groups in total. The summed E-state index contributed by atoms with van der Waals surface area (Å²) in [5.41, 5.74) is 1.37. The van der Waals surface area contributed by atoms with Crippen molar-refractivity contribution in [3.63, 3.8) is 0 Å². The topological polar surface area (TPSA) is 123 Å². The molecule has 13 heteroatoms. The highest BCUT2D eigenvalue weighted by Crippen LogP contribution is 2.52. The molecule has 0 bridgehead atoms. The molecule has 1 spiro atoms. The van der Waals surface area contributed by atoms with E-state index in [-0.39, 0.29) is 40.9 Å². The first-order valence-corrected chi connectivity index (χ1v) is 16.2. The van der Waals surface area contributed by atoms with Crippen LogP contribution in [0.5, 0.6) is 17.4 Å². The van der Waals surface area contributed by atoms with Crippen LogP contribution in [0.15, 0.2) is 37.1 Å². The van der Waals surface area contributed by atoms with Gasteiger partial charge in [-0.25, -0.2) is 29.1 Å². The first-order valence-electron chi connectivity index (χ1n) is 16.2. The Bertz CT molecular complexity index is 1650. The van der Waals surface area contributed by atoms with Gasteiger partial charge in [0.1, 0.15) is 35.9 Å². The lowest BCUT2D eigenvalue weighted by molar-refractivity contribution is -0.0374. The number of nitrogens with zero attached hydrogens (tertiary/aromatic N) is 7. The van der Waals surface area contributed by atoms with Gasteiger partial charge in [0, 0.05) is 44.1 Å². The number of ether oxygens (including phenoxy) is 3. The smallest absolute Gasteiger partial charge is 0.410 e. The van der Waals surface area contributed by atoms with E-state index in [4.69, 9.17) is 14.2 Å². The molecule has 47 heavy (non-hydrogen) atoms. The number of fused-ring (bicyclic) bond motifs is 1. The molecule has 1 saturated heterocycles. The highest BCUT2D eigenvalue weighted by Gasteiger charge is 2.54. The molecule has 2 fully saturated rings. The summed E-state index contributed by atoms with van der Waals surface area (Å²) in [5, 5.41) is 0. The molecule has 2 aromatic heterocycles. The van der Waals surface area contributed by atoms with E-state index in [2.05, 4.69) is 24.8 Å². The molecular formula is C34H42FN7O5. The number of amides is 2. The van der Waals surface area contributed by atoms with E-state index < -0.39 is 11.4 Å². The zero-order chi connectivity index (χ0) is 33.5. The molecule has 3 aromatic rings. The largest absolute Gasteiger partial charge is 0.474 e. The summed E-state index contributed by atoms with van der Waals surface area (Å²) >= 11 is 0. The summed E-state index contributed by atoms with van der Waals surface area (Å²) in [4.78, 5) is 49.0. The lowest BCUT2D eigenvalue weighted by atomic mass is 9.61. The zero-order valence-electron chi connectivity index (χ0n) is 27.8. The molecule has 1 aromatic carbocycles. The Hall–Kier alpha value is -4.55. The van der Waals surface area contributed by atoms with Crippen LogP contribution in [-0.2, 0) is 17.7 Å². The van der Waals surface area contributed by atoms with Crippen molar-refractivity contribution < 1.29 is 28.2 Å². The van der Waals surface area contributed by atoms with Crippen molar-refractivity contribution in [1.29, 1.82) is 0 Å². The Morgan fingerprint density at radius 1 is 1.11 bits per heavy atom. The summed E-state index contributed by atoms with van der Waals surface area (Å²) in [6, 6.07) is 3.90. The summed E-state index contributed by atoms with van der Waals surface area (Å²) in [6.45, 7) is 14.1. The minimum absolute atomic E-state index is 0.00979. The van der Waals surface area contributed by atoms with Crippen LogP contribution in [0.2, 0.25) is 0 Å². The second-order valence-corrected chi connectivity index (χ2v) is 13.9. The lowest BCUT2D eigenvalue weighted by Crippen LogP contribution is -2.65. The molecule has 1 saturated carbocycles. The summed E-state index contributed by atoms with van der Waals surface area (Å²) in [7, 11) is 0. The number of hydrogen-bond donors (Lipinski definition) is 0. The van der Waals surface area contributed by atoms with Crippen molar-refractivity contribution in [3.05, 3.63) is 59.7 Å². The Kier molecular flexibility index (Phi) is 8.66. The van der Waals surface area contributed by atoms with Crippen LogP contribution < -0.4 is 14.4 Å². The van der Waals surface area contributed by atoms with E-state index in [0.717, 1.165) is 37.2 Å². The predicted octanol–water partition coefficient (Wildman–Crippen LogP) is 5.41. The van der Waals surface area contributed by atoms with Crippen LogP contribution in [0.4, 0.5) is 15.0 Å². The summed E-state index contributed by atoms with van der Waals surface area (Å²) in [6.07, 6.45) is 6.49. The fourth-order valence-corrected chi connectivity index (χ4v) is 6.61. The fraction of sp³-hybridized carbons (Fsp3) is 0.529. The van der Waals surface area contributed by atoms with Crippen molar-refractivity contribution in [1.82, 2.24) is 29.7 Å². The van der Waals surface area contributed by atoms with Gasteiger partial charge in [-0.1, -0.05) is 0 Å². The van der Waals surface area contributed by atoms with Gasteiger partial charge in [-0.15, -0.1) is 0 Å². The molecule has 12 nitrogen and oxygen atoms in total. The first-order chi connectivity index (χ1) is 22.3. The molecule has 4 heterocycles. The molecule has 2 amide bonds. The molecule has 1 aliphatic carbocycles. The van der Waals surface area contributed by atoms with Gasteiger partial charge in [0.25, 0.3) is 5.91 Å². The number of anilines is 1. The van der Waals surface area contributed by atoms with Gasteiger partial charge in [0.2, 0.25) is 5.88 Å². The lowest BCUT2D eigenvalue weighted by Gasteiger charge is -2.58. The Labute approximate surface area is 274 Å². The van der Waals surface area contributed by atoms with Crippen LogP contribution in [0.25, 0.3) is 0 Å². The molecular weight excluding hydrogens is 605 g/mol. The number of carbonyl (C=O) groups excluding carboxylic acids is 2. The number of carbonyl (C=O) groups is 2. The van der Waals surface area contributed by atoms with E-state index >= 15 is 0 Å². The quantitative estimate of drug-likeness (QED) is 0.314. The van der Waals surface area contributed by atoms with Gasteiger partial charge in [-0.2, -0.15) is 0 Å². The van der Waals surface area contributed by atoms with Crippen LogP contribution in [0, 0.1) is 11.2 Å². The van der Waals surface area contributed by atoms with Gasteiger partial charge in [0.05, 0.1) is 29.6 Å². The van der Waals surface area contributed by atoms with Crippen molar-refractivity contribution in [2.75, 3.05) is 31.1 Å². The van der Waals surface area contributed by atoms with Gasteiger partial charge in [-0.3, -0.25) is 4.79 Å². The van der Waals surface area contributed by atoms with Gasteiger partial charge < -0.3 is 28.9 Å². The number of rotatable bonds is 8. The number of benzene rings is 1. The van der Waals surface area contributed by atoms with Crippen molar-refractivity contribution in [3.8, 4) is 17.4 Å². The molecule has 3 aliphatic rings. The van der Waals surface area contributed by atoms with Crippen molar-refractivity contribution in [2.45, 2.75) is 85.1 Å². The van der Waals surface area contributed by atoms with E-state index in [0.29, 0.717) is 43.5 Å². The zero-order valence-corrected chi connectivity index (χ0v) is 27.8. The Morgan fingerprint density at radius 2 is 1.87 bits per heavy atom. The third kappa shape index (κ3) is 6.79. The SMILES string of the molecule is CCN(C(=O)c1cc(F)ccc1Oc1cncnc1N1CC2(CC(Oc3ncnc4c3CN(C(=O)OC(C)(C)C)CC4)C2)C1)C(C)C. The normalized spacial score (nSPS) is 17.1. The Morgan fingerprint density at radius 3 is 2.57 bits per heavy atom. The summed E-state index contributed by atoms with van der Waals surface area (Å²) in [5.74, 6) is 0.957. The minimum atomic E-state index is -0.577. The van der Waals surface area contributed by atoms with Gasteiger partial charge >= 0.3 is 6.09 Å². The average molecular weight is 648 g/mol. The Balaban J connectivity index is 1.09. The molecule has 0 radical (unpaired) electrons. The predicted molar refractivity (Wildman–Crippen MR) is 171 cm³/mol. The second kappa shape index (κ2) is 12.6. The van der Waals surface area contributed by atoms with E-state index in [1.165, 1.54) is 30.9 Å². The third-order valence-corrected chi connectivity index (χ3v) is 8.84. The summed E-state index contributed by atoms with van der Waals surface area (Å²) < 4.78 is 32.4. The maximum Gasteiger partial charge on any atom is 0.410 e. The second-order valence-electron chi connectivity index (χ2n) is 13.9. The minimum Gasteiger partial charge on any atom is -0.474 e. The highest BCUT2D eigenvalue weighted by molar-refractivity contribution is 5.97. The standard InChI is InChI=1S/C34H42FN7O5/c1-7-42(21(2)3)31(43)24-12-22(35)8-9-27(24)46-28-15-36-19-38-29(28)41-17-34(18-41)13-23(14-34)45-30-25-16-40(32(44)47-33(4,5)6)11-10-26(25)37-20-39-30/h8-9,12,15,19-21,23H,7,10-11,13-14,16-18H2,1-6H3. The van der Waals surface area contributed by atoms with Crippen LogP contribution in [-0.4, -0.2) is 85.7 Å². The third-order valence-electron chi connectivity index (χ3n) is 8.84. The molecule has 250 valence electrons. The highest BCUT2D eigenvalue weighted by atomic mass is 19.1. The van der Waals surface area contributed by atoms with Gasteiger partial charge in [-0.05, 0) is 72.6 Å². The number of halogens is 1. The molecule has 0 atom stereocenters. The molecule has 0 unspecified atom stereocenters. The van der Waals surface area contributed by atoms with Gasteiger partial charge in [0.15, 0.2) is 11.6 Å². The maximum absolute atomic E-state index is 14.3. The number of aromatic nitrogens is 4.